The quantitative estimate of drug-likeness (QED) is 0.620. The molecule has 126 valence electrons. The van der Waals surface area contributed by atoms with Crippen molar-refractivity contribution in [2.75, 3.05) is 0 Å². The van der Waals surface area contributed by atoms with Crippen molar-refractivity contribution in [2.45, 2.75) is 27.7 Å². The molecular weight excluding hydrogens is 458 g/mol. The van der Waals surface area contributed by atoms with E-state index < -0.39 is 40.8 Å². The van der Waals surface area contributed by atoms with E-state index >= 15 is 0 Å². The van der Waals surface area contributed by atoms with E-state index in [1.54, 1.807) is 0 Å². The Kier molecular flexibility index (Phi) is 8.67. The molecule has 0 bridgehead atoms. The van der Waals surface area contributed by atoms with Crippen LogP contribution in [0.3, 0.4) is 0 Å². The zero-order valence-corrected chi connectivity index (χ0v) is 18.5. The van der Waals surface area contributed by atoms with Gasteiger partial charge < -0.3 is 19.2 Å². The van der Waals surface area contributed by atoms with Crippen LogP contribution < -0.4 is 18.1 Å². The number of aryl methyl sites for hydroxylation is 4. The molecule has 0 radical (unpaired) electrons. The molecule has 0 aromatic heterocycles. The Labute approximate surface area is 160 Å². The predicted molar refractivity (Wildman–Crippen MR) is 80.7 cm³/mol. The van der Waals surface area contributed by atoms with Gasteiger partial charge in [-0.05, 0) is 0 Å². The fraction of sp³-hybridized carbons (Fsp3) is 0.250. The van der Waals surface area contributed by atoms with Gasteiger partial charge in [-0.3, -0.25) is 0 Å². The monoisotopic (exact) mass is 476 g/mol. The maximum atomic E-state index is 8.55. The first-order valence-corrected chi connectivity index (χ1v) is 11.5. The fourth-order valence-corrected chi connectivity index (χ4v) is 4.45. The fourth-order valence-electron chi connectivity index (χ4n) is 1.99. The van der Waals surface area contributed by atoms with Crippen molar-refractivity contribution in [2.24, 2.45) is 0 Å². The maximum absolute atomic E-state index is 8.55. The molecule has 8 heteroatoms. The van der Waals surface area contributed by atoms with Crippen LogP contribution in [0.2, 0.25) is 0 Å². The topological polar surface area (TPSA) is 105 Å². The van der Waals surface area contributed by atoms with E-state index in [4.69, 9.17) is 22.7 Å². The Bertz CT molecular complexity index is 669. The standard InChI is InChI=1S/2C8H10O.La.H3O4P/c2*1-6-3-4-8(9)7(2)5-6;;1-5(2,3)4/h2*3-5,9H,1-2H3;;(H3,1,2,3,4)/q;;+5;/p-5. The predicted octanol–water partition coefficient (Wildman–Crippen LogP) is 1.47. The summed E-state index contributed by atoms with van der Waals surface area (Å²) < 4.78 is 20.3. The number of phosphoric acid groups is 1. The average molecular weight is 476 g/mol. The molecular formula is C16H18LaO6P. The first kappa shape index (κ1) is 21.4. The Hall–Kier alpha value is -0.655. The zero-order valence-electron chi connectivity index (χ0n) is 13.9. The van der Waals surface area contributed by atoms with Crippen LogP contribution in [-0.4, -0.2) is 0 Å². The zero-order chi connectivity index (χ0) is 18.3. The first-order chi connectivity index (χ1) is 11.1. The van der Waals surface area contributed by atoms with Gasteiger partial charge in [0.1, 0.15) is 0 Å². The molecule has 0 atom stereocenters. The minimum absolute atomic E-state index is 0.963. The average Bonchev–Trinajstić information content (AvgIpc) is 2.41. The van der Waals surface area contributed by atoms with Crippen LogP contribution in [0.15, 0.2) is 36.4 Å². The normalized spacial score (nSPS) is 10.8. The summed E-state index contributed by atoms with van der Waals surface area (Å²) in [7, 11) is -5.39. The van der Waals surface area contributed by atoms with Gasteiger partial charge in [0.15, 0.2) is 0 Å². The number of hydrogen-bond acceptors (Lipinski definition) is 6. The van der Waals surface area contributed by atoms with Crippen LogP contribution in [0.25, 0.3) is 0 Å². The molecule has 0 aliphatic rings. The number of hydrogen-bond donors (Lipinski definition) is 0. The smallest absolute Gasteiger partial charge is 0.159 e. The molecule has 0 fully saturated rings. The van der Waals surface area contributed by atoms with E-state index in [1.165, 1.54) is 22.3 Å². The third-order valence-corrected chi connectivity index (χ3v) is 5.21. The van der Waals surface area contributed by atoms with Gasteiger partial charge in [-0.2, -0.15) is 7.82 Å². The van der Waals surface area contributed by atoms with Crippen LogP contribution >= 0.6 is 7.82 Å². The van der Waals surface area contributed by atoms with Crippen molar-refractivity contribution in [1.29, 1.82) is 0 Å². The molecule has 0 spiro atoms. The van der Waals surface area contributed by atoms with E-state index in [-0.39, 0.29) is 0 Å². The Morgan fingerprint density at radius 2 is 1.12 bits per heavy atom. The Balaban J connectivity index is 0.000000505. The minimum atomic E-state index is -5.39. The van der Waals surface area contributed by atoms with Crippen molar-refractivity contribution < 1.29 is 55.6 Å². The van der Waals surface area contributed by atoms with Crippen molar-refractivity contribution in [3.05, 3.63) is 58.7 Å². The van der Waals surface area contributed by atoms with E-state index in [1.807, 2.05) is 12.1 Å². The Morgan fingerprint density at radius 1 is 0.792 bits per heavy atom. The van der Waals surface area contributed by atoms with E-state index in [9.17, 15) is 0 Å². The van der Waals surface area contributed by atoms with Crippen LogP contribution in [0.5, 0.6) is 11.5 Å². The molecule has 2 aromatic rings. The largest absolute Gasteiger partial charge is 0.822 e. The van der Waals surface area contributed by atoms with Gasteiger partial charge in [0.05, 0.1) is 0 Å². The van der Waals surface area contributed by atoms with Crippen molar-refractivity contribution in [1.82, 2.24) is 0 Å². The number of benzene rings is 2. The van der Waals surface area contributed by atoms with Crippen LogP contribution in [-0.2, 0) is 4.57 Å². The minimum Gasteiger partial charge on any atom is -0.822 e. The first-order valence-electron chi connectivity index (χ1n) is 7.09. The summed E-state index contributed by atoms with van der Waals surface area (Å²) in [5.74, 6) is 1.93. The summed E-state index contributed by atoms with van der Waals surface area (Å²) >= 11 is -1.69. The summed E-state index contributed by atoms with van der Waals surface area (Å²) in [6, 6.07) is 12.5. The van der Waals surface area contributed by atoms with Crippen molar-refractivity contribution in [3.8, 4) is 11.5 Å². The molecule has 0 aliphatic heterocycles. The van der Waals surface area contributed by atoms with Gasteiger partial charge >= 0.3 is 134 Å². The SMILES string of the molecule is Cc1ccc([O][La+3][O]c2ccc(C)cc2C)c(C)c1.O=P([O-])([O-])[O-]. The molecule has 0 saturated carbocycles. The maximum Gasteiger partial charge on any atom is -0.159 e. The van der Waals surface area contributed by atoms with E-state index in [0.717, 1.165) is 11.5 Å². The summed E-state index contributed by atoms with van der Waals surface area (Å²) in [5, 5.41) is 0. The molecule has 2 aromatic carbocycles. The summed E-state index contributed by atoms with van der Waals surface area (Å²) in [4.78, 5) is 25.6. The molecule has 0 aliphatic carbocycles. The van der Waals surface area contributed by atoms with Crippen LogP contribution in [0.4, 0.5) is 0 Å². The molecule has 2 rings (SSSR count). The molecule has 6 nitrogen and oxygen atoms in total. The second-order valence-corrected chi connectivity index (χ2v) is 8.30. The molecule has 0 heterocycles. The van der Waals surface area contributed by atoms with Gasteiger partial charge in [0.2, 0.25) is 0 Å². The third-order valence-electron chi connectivity index (χ3n) is 3.01. The van der Waals surface area contributed by atoms with Gasteiger partial charge in [-0.15, -0.1) is 0 Å². The molecule has 0 unspecified atom stereocenters. The molecule has 0 amide bonds. The van der Waals surface area contributed by atoms with Gasteiger partial charge in [0.25, 0.3) is 0 Å². The second kappa shape index (κ2) is 9.73. The van der Waals surface area contributed by atoms with Gasteiger partial charge in [-0.25, -0.2) is 0 Å². The number of rotatable bonds is 4. The van der Waals surface area contributed by atoms with Gasteiger partial charge in [0, 0.05) is 0 Å². The van der Waals surface area contributed by atoms with Crippen molar-refractivity contribution in [3.63, 3.8) is 0 Å². The van der Waals surface area contributed by atoms with Crippen LogP contribution in [0, 0.1) is 60.6 Å². The molecule has 0 saturated heterocycles. The van der Waals surface area contributed by atoms with E-state index in [0.29, 0.717) is 0 Å². The molecule has 24 heavy (non-hydrogen) atoms. The molecule has 0 N–H and O–H groups in total. The second-order valence-electron chi connectivity index (χ2n) is 5.32. The summed E-state index contributed by atoms with van der Waals surface area (Å²) in [6.45, 7) is 8.33. The summed E-state index contributed by atoms with van der Waals surface area (Å²) in [5.41, 5.74) is 4.88. The summed E-state index contributed by atoms with van der Waals surface area (Å²) in [6.07, 6.45) is 0. The van der Waals surface area contributed by atoms with Crippen molar-refractivity contribution >= 4 is 7.82 Å². The van der Waals surface area contributed by atoms with Crippen LogP contribution in [0.1, 0.15) is 22.3 Å². The Morgan fingerprint density at radius 3 is 1.42 bits per heavy atom. The third kappa shape index (κ3) is 8.99. The van der Waals surface area contributed by atoms with Gasteiger partial charge in [-0.1, -0.05) is 0 Å². The van der Waals surface area contributed by atoms with E-state index in [2.05, 4.69) is 52.0 Å².